The van der Waals surface area contributed by atoms with Crippen molar-refractivity contribution in [1.82, 2.24) is 15.3 Å². The summed E-state index contributed by atoms with van der Waals surface area (Å²) in [6.07, 6.45) is 12.8. The van der Waals surface area contributed by atoms with Gasteiger partial charge < -0.3 is 10.2 Å². The third kappa shape index (κ3) is 5.54. The number of nitrogens with zero attached hydrogens (tertiary/aromatic N) is 3. The minimum absolute atomic E-state index is 0.0285. The van der Waals surface area contributed by atoms with Gasteiger partial charge in [-0.15, -0.1) is 0 Å². The highest BCUT2D eigenvalue weighted by Crippen LogP contribution is 2.34. The molecule has 1 aromatic heterocycles. The number of nitrogens with one attached hydrogen (secondary N) is 1. The van der Waals surface area contributed by atoms with Crippen molar-refractivity contribution in [2.24, 2.45) is 5.92 Å². The molecule has 1 unspecified atom stereocenters. The lowest BCUT2D eigenvalue weighted by Gasteiger charge is -2.34. The Bertz CT molecular complexity index is 851. The van der Waals surface area contributed by atoms with Gasteiger partial charge in [0, 0.05) is 36.4 Å². The number of carbonyl (C=O) groups is 1. The number of carbonyl (C=O) groups excluding carboxylic acids is 1. The summed E-state index contributed by atoms with van der Waals surface area (Å²) in [5.74, 6) is 1.15. The van der Waals surface area contributed by atoms with E-state index in [0.717, 1.165) is 54.5 Å². The summed E-state index contributed by atoms with van der Waals surface area (Å²) < 4.78 is 0. The highest BCUT2D eigenvalue weighted by atomic mass is 32.2. The van der Waals surface area contributed by atoms with Crippen LogP contribution in [-0.4, -0.2) is 35.0 Å². The molecule has 2 aromatic rings. The van der Waals surface area contributed by atoms with Gasteiger partial charge in [-0.05, 0) is 44.7 Å². The molecule has 1 aliphatic heterocycles. The highest BCUT2D eigenvalue weighted by Gasteiger charge is 2.29. The summed E-state index contributed by atoms with van der Waals surface area (Å²) in [4.78, 5) is 25.7. The average molecular weight is 425 g/mol. The zero-order valence-corrected chi connectivity index (χ0v) is 18.7. The van der Waals surface area contributed by atoms with Crippen LogP contribution in [0.15, 0.2) is 46.6 Å². The van der Waals surface area contributed by atoms with Crippen molar-refractivity contribution in [3.8, 4) is 0 Å². The molecule has 5 nitrogen and oxygen atoms in total. The van der Waals surface area contributed by atoms with E-state index in [1.165, 1.54) is 31.2 Å². The van der Waals surface area contributed by atoms with Gasteiger partial charge in [-0.2, -0.15) is 0 Å². The Labute approximate surface area is 184 Å². The van der Waals surface area contributed by atoms with Crippen LogP contribution in [-0.2, 0) is 4.79 Å². The lowest BCUT2D eigenvalue weighted by atomic mass is 9.96. The summed E-state index contributed by atoms with van der Waals surface area (Å²) >= 11 is 1.65. The van der Waals surface area contributed by atoms with Crippen LogP contribution in [0.4, 0.5) is 5.82 Å². The van der Waals surface area contributed by atoms with Gasteiger partial charge in [0.15, 0.2) is 5.82 Å². The molecule has 1 N–H and O–H groups in total. The fourth-order valence-corrected chi connectivity index (χ4v) is 5.52. The number of anilines is 1. The second-order valence-corrected chi connectivity index (χ2v) is 9.65. The molecule has 2 fully saturated rings. The smallest absolute Gasteiger partial charge is 0.225 e. The van der Waals surface area contributed by atoms with Crippen LogP contribution in [0.5, 0.6) is 0 Å². The number of benzene rings is 1. The SMILES string of the molecule is Cc1cccc(Sc2nccnc2N2CCCC(C(=O)NC3CCCCCC3)C2)c1. The first-order valence-corrected chi connectivity index (χ1v) is 12.1. The summed E-state index contributed by atoms with van der Waals surface area (Å²) in [7, 11) is 0. The molecule has 1 atom stereocenters. The van der Waals surface area contributed by atoms with Crippen molar-refractivity contribution in [3.63, 3.8) is 0 Å². The van der Waals surface area contributed by atoms with Gasteiger partial charge in [0.25, 0.3) is 0 Å². The topological polar surface area (TPSA) is 58.1 Å². The molecule has 1 aliphatic carbocycles. The van der Waals surface area contributed by atoms with Gasteiger partial charge in [-0.25, -0.2) is 9.97 Å². The Morgan fingerprint density at radius 2 is 1.87 bits per heavy atom. The molecule has 30 heavy (non-hydrogen) atoms. The van der Waals surface area contributed by atoms with Crippen LogP contribution in [0.3, 0.4) is 0 Å². The maximum Gasteiger partial charge on any atom is 0.225 e. The molecule has 2 aliphatic rings. The van der Waals surface area contributed by atoms with Crippen LogP contribution < -0.4 is 10.2 Å². The Hall–Kier alpha value is -2.08. The molecule has 2 heterocycles. The number of hydrogen-bond acceptors (Lipinski definition) is 5. The monoisotopic (exact) mass is 424 g/mol. The van der Waals surface area contributed by atoms with Crippen molar-refractivity contribution in [2.45, 2.75) is 74.3 Å². The molecule has 1 saturated carbocycles. The van der Waals surface area contributed by atoms with Crippen molar-refractivity contribution < 1.29 is 4.79 Å². The zero-order valence-electron chi connectivity index (χ0n) is 17.8. The first kappa shape index (κ1) is 21.2. The van der Waals surface area contributed by atoms with Gasteiger partial charge in [-0.1, -0.05) is 55.1 Å². The minimum atomic E-state index is 0.0285. The summed E-state index contributed by atoms with van der Waals surface area (Å²) in [5, 5.41) is 4.26. The van der Waals surface area contributed by atoms with Crippen molar-refractivity contribution >= 4 is 23.5 Å². The molecule has 160 valence electrons. The Balaban J connectivity index is 1.43. The molecular formula is C24H32N4OS. The Morgan fingerprint density at radius 1 is 1.07 bits per heavy atom. The van der Waals surface area contributed by atoms with E-state index in [2.05, 4.69) is 51.4 Å². The molecular weight excluding hydrogens is 392 g/mol. The molecule has 1 amide bonds. The second-order valence-electron chi connectivity index (χ2n) is 8.59. The van der Waals surface area contributed by atoms with E-state index in [9.17, 15) is 4.79 Å². The maximum absolute atomic E-state index is 13.0. The normalized spacial score (nSPS) is 20.6. The lowest BCUT2D eigenvalue weighted by Crippen LogP contribution is -2.46. The minimum Gasteiger partial charge on any atom is -0.354 e. The maximum atomic E-state index is 13.0. The van der Waals surface area contributed by atoms with Crippen molar-refractivity contribution in [1.29, 1.82) is 0 Å². The predicted molar refractivity (Wildman–Crippen MR) is 122 cm³/mol. The third-order valence-corrected chi connectivity index (χ3v) is 7.11. The quantitative estimate of drug-likeness (QED) is 0.685. The number of piperidine rings is 1. The molecule has 0 bridgehead atoms. The van der Waals surface area contributed by atoms with Crippen molar-refractivity contribution in [3.05, 3.63) is 42.2 Å². The lowest BCUT2D eigenvalue weighted by molar-refractivity contribution is -0.126. The van der Waals surface area contributed by atoms with Crippen molar-refractivity contribution in [2.75, 3.05) is 18.0 Å². The number of rotatable bonds is 5. The van der Waals surface area contributed by atoms with E-state index < -0.39 is 0 Å². The third-order valence-electron chi connectivity index (χ3n) is 6.14. The van der Waals surface area contributed by atoms with E-state index in [4.69, 9.17) is 0 Å². The molecule has 4 rings (SSSR count). The van der Waals surface area contributed by atoms with E-state index in [1.54, 1.807) is 24.2 Å². The first-order valence-electron chi connectivity index (χ1n) is 11.3. The van der Waals surface area contributed by atoms with Crippen LogP contribution in [0.1, 0.15) is 56.9 Å². The predicted octanol–water partition coefficient (Wildman–Crippen LogP) is 4.99. The zero-order chi connectivity index (χ0) is 20.8. The standard InChI is InChI=1S/C24H32N4OS/c1-18-8-6-12-21(16-18)30-24-22(25-13-14-26-24)28-15-7-9-19(17-28)23(29)27-20-10-4-2-3-5-11-20/h6,8,12-14,16,19-20H,2-5,7,9-11,15,17H2,1H3,(H,27,29). The van der Waals surface area contributed by atoms with Crippen LogP contribution in [0.2, 0.25) is 0 Å². The fourth-order valence-electron chi connectivity index (χ4n) is 4.52. The molecule has 0 radical (unpaired) electrons. The first-order chi connectivity index (χ1) is 14.7. The van der Waals surface area contributed by atoms with Gasteiger partial charge in [0.1, 0.15) is 5.03 Å². The summed E-state index contributed by atoms with van der Waals surface area (Å²) in [6, 6.07) is 8.81. The van der Waals surface area contributed by atoms with E-state index in [0.29, 0.717) is 6.04 Å². The van der Waals surface area contributed by atoms with Gasteiger partial charge >= 0.3 is 0 Å². The Morgan fingerprint density at radius 3 is 2.67 bits per heavy atom. The molecule has 1 aromatic carbocycles. The van der Waals surface area contributed by atoms with E-state index in [-0.39, 0.29) is 11.8 Å². The Kier molecular flexibility index (Phi) is 7.26. The largest absolute Gasteiger partial charge is 0.354 e. The summed E-state index contributed by atoms with van der Waals surface area (Å²) in [5.41, 5.74) is 1.23. The van der Waals surface area contributed by atoms with Crippen LogP contribution in [0.25, 0.3) is 0 Å². The van der Waals surface area contributed by atoms with Crippen LogP contribution >= 0.6 is 11.8 Å². The summed E-state index contributed by atoms with van der Waals surface area (Å²) in [6.45, 7) is 3.75. The van der Waals surface area contributed by atoms with E-state index >= 15 is 0 Å². The highest BCUT2D eigenvalue weighted by molar-refractivity contribution is 7.99. The van der Waals surface area contributed by atoms with Crippen LogP contribution in [0, 0.1) is 12.8 Å². The molecule has 6 heteroatoms. The second kappa shape index (κ2) is 10.3. The molecule has 1 saturated heterocycles. The number of aromatic nitrogens is 2. The number of aryl methyl sites for hydroxylation is 1. The number of hydrogen-bond donors (Lipinski definition) is 1. The average Bonchev–Trinajstić information content (AvgIpc) is 3.03. The number of amides is 1. The van der Waals surface area contributed by atoms with Gasteiger partial charge in [0.2, 0.25) is 5.91 Å². The molecule has 0 spiro atoms. The van der Waals surface area contributed by atoms with E-state index in [1.807, 2.05) is 0 Å². The van der Waals surface area contributed by atoms with Gasteiger partial charge in [0.05, 0.1) is 5.92 Å². The fraction of sp³-hybridized carbons (Fsp3) is 0.542. The van der Waals surface area contributed by atoms with Gasteiger partial charge in [-0.3, -0.25) is 4.79 Å².